The summed E-state index contributed by atoms with van der Waals surface area (Å²) in [4.78, 5) is 0. The lowest BCUT2D eigenvalue weighted by Crippen LogP contribution is -2.34. The van der Waals surface area contributed by atoms with Crippen molar-refractivity contribution >= 4 is 17.3 Å². The number of hydrogen-bond donors (Lipinski definition) is 1. The smallest absolute Gasteiger partial charge is 0.217 e. The van der Waals surface area contributed by atoms with E-state index >= 15 is 0 Å². The molecule has 2 atom stereocenters. The molecule has 3 aromatic carbocycles. The molecule has 0 fully saturated rings. The zero-order chi connectivity index (χ0) is 23.1. The van der Waals surface area contributed by atoms with E-state index in [-0.39, 0.29) is 11.8 Å². The molecule has 2 aliphatic rings. The Bertz CT molecular complexity index is 1250. The van der Waals surface area contributed by atoms with Crippen molar-refractivity contribution in [3.63, 3.8) is 0 Å². The Labute approximate surface area is 196 Å². The van der Waals surface area contributed by atoms with E-state index in [1.165, 1.54) is 0 Å². The third-order valence-electron chi connectivity index (χ3n) is 5.97. The highest BCUT2D eigenvalue weighted by Crippen LogP contribution is 2.52. The number of aromatic hydroxyl groups is 1. The van der Waals surface area contributed by atoms with Gasteiger partial charge in [-0.25, -0.2) is 5.01 Å². The second kappa shape index (κ2) is 8.41. The quantitative estimate of drug-likeness (QED) is 0.549. The van der Waals surface area contributed by atoms with Gasteiger partial charge in [-0.3, -0.25) is 0 Å². The molecule has 0 saturated heterocycles. The zero-order valence-electron chi connectivity index (χ0n) is 18.4. The number of methoxy groups -OCH3 is 3. The molecule has 2 aliphatic heterocycles. The Morgan fingerprint density at radius 3 is 2.42 bits per heavy atom. The Kier molecular flexibility index (Phi) is 5.42. The molecule has 0 bridgehead atoms. The Morgan fingerprint density at radius 1 is 0.970 bits per heavy atom. The third kappa shape index (κ3) is 3.49. The number of para-hydroxylation sites is 2. The SMILES string of the molecule is COc1cccc2c1O[C@@H](c1cccc(OC)c1OC)N1N=C(c3cc(Cl)ccc3O)C[C@H]21. The number of rotatable bonds is 5. The summed E-state index contributed by atoms with van der Waals surface area (Å²) < 4.78 is 23.3. The molecule has 1 N–H and O–H groups in total. The predicted octanol–water partition coefficient (Wildman–Crippen LogP) is 5.31. The molecule has 0 amide bonds. The van der Waals surface area contributed by atoms with Gasteiger partial charge in [0, 0.05) is 22.6 Å². The third-order valence-corrected chi connectivity index (χ3v) is 6.20. The average Bonchev–Trinajstić information content (AvgIpc) is 3.29. The van der Waals surface area contributed by atoms with E-state index in [1.54, 1.807) is 39.5 Å². The number of fused-ring (bicyclic) bond motifs is 3. The van der Waals surface area contributed by atoms with E-state index in [0.29, 0.717) is 45.7 Å². The lowest BCUT2D eigenvalue weighted by Gasteiger charge is -2.39. The number of phenolic OH excluding ortho intramolecular Hbond substituents is 1. The Morgan fingerprint density at radius 2 is 1.70 bits per heavy atom. The Hall–Kier alpha value is -3.58. The van der Waals surface area contributed by atoms with Gasteiger partial charge >= 0.3 is 0 Å². The highest BCUT2D eigenvalue weighted by atomic mass is 35.5. The van der Waals surface area contributed by atoms with Crippen LogP contribution in [0.3, 0.4) is 0 Å². The summed E-state index contributed by atoms with van der Waals surface area (Å²) >= 11 is 6.21. The van der Waals surface area contributed by atoms with Crippen LogP contribution in [0.15, 0.2) is 59.7 Å². The van der Waals surface area contributed by atoms with Crippen LogP contribution in [0, 0.1) is 0 Å². The molecule has 0 spiro atoms. The summed E-state index contributed by atoms with van der Waals surface area (Å²) in [5, 5.41) is 17.8. The standard InChI is InChI=1S/C25H23ClN2O5/c1-30-21-8-5-7-16(23(21)32-3)25-28-19(15-6-4-9-22(31-2)24(15)33-25)13-18(27-28)17-12-14(26)10-11-20(17)29/h4-12,19,25,29H,13H2,1-3H3/t19-,25+/m1/s1. The van der Waals surface area contributed by atoms with Gasteiger partial charge in [0.25, 0.3) is 0 Å². The van der Waals surface area contributed by atoms with Crippen molar-refractivity contribution in [3.05, 3.63) is 76.3 Å². The van der Waals surface area contributed by atoms with Crippen molar-refractivity contribution in [2.75, 3.05) is 21.3 Å². The van der Waals surface area contributed by atoms with Crippen LogP contribution in [0.25, 0.3) is 0 Å². The summed E-state index contributed by atoms with van der Waals surface area (Å²) in [7, 11) is 4.81. The number of ether oxygens (including phenoxy) is 4. The number of hydrogen-bond acceptors (Lipinski definition) is 7. The molecule has 170 valence electrons. The first kappa shape index (κ1) is 21.3. The summed E-state index contributed by atoms with van der Waals surface area (Å²) in [5.41, 5.74) is 3.02. The van der Waals surface area contributed by atoms with E-state index in [2.05, 4.69) is 0 Å². The van der Waals surface area contributed by atoms with Crippen molar-refractivity contribution in [1.82, 2.24) is 5.01 Å². The minimum Gasteiger partial charge on any atom is -0.507 e. The topological polar surface area (TPSA) is 72.8 Å². The molecule has 7 nitrogen and oxygen atoms in total. The fourth-order valence-electron chi connectivity index (χ4n) is 4.46. The molecular formula is C25H23ClN2O5. The molecule has 0 aliphatic carbocycles. The summed E-state index contributed by atoms with van der Waals surface area (Å²) in [6, 6.07) is 16.3. The fourth-order valence-corrected chi connectivity index (χ4v) is 4.63. The van der Waals surface area contributed by atoms with Gasteiger partial charge in [-0.2, -0.15) is 5.10 Å². The number of phenols is 1. The van der Waals surface area contributed by atoms with Gasteiger partial charge in [0.05, 0.1) is 38.6 Å². The van der Waals surface area contributed by atoms with Crippen molar-refractivity contribution < 1.29 is 24.1 Å². The lowest BCUT2D eigenvalue weighted by atomic mass is 9.95. The predicted molar refractivity (Wildman–Crippen MR) is 125 cm³/mol. The van der Waals surface area contributed by atoms with Gasteiger partial charge in [-0.1, -0.05) is 29.8 Å². The molecular weight excluding hydrogens is 444 g/mol. The lowest BCUT2D eigenvalue weighted by molar-refractivity contribution is -0.0223. The molecule has 0 saturated carbocycles. The first-order valence-corrected chi connectivity index (χ1v) is 10.8. The minimum absolute atomic E-state index is 0.125. The van der Waals surface area contributed by atoms with Crippen LogP contribution >= 0.6 is 11.6 Å². The van der Waals surface area contributed by atoms with Crippen molar-refractivity contribution in [2.24, 2.45) is 5.10 Å². The molecule has 5 rings (SSSR count). The van der Waals surface area contributed by atoms with E-state index in [0.717, 1.165) is 11.1 Å². The molecule has 2 heterocycles. The van der Waals surface area contributed by atoms with Crippen LogP contribution < -0.4 is 18.9 Å². The maximum absolute atomic E-state index is 10.5. The molecule has 0 unspecified atom stereocenters. The molecule has 3 aromatic rings. The molecule has 0 radical (unpaired) electrons. The van der Waals surface area contributed by atoms with E-state index in [4.69, 9.17) is 35.6 Å². The first-order chi connectivity index (χ1) is 16.0. The van der Waals surface area contributed by atoms with E-state index < -0.39 is 6.23 Å². The second-order valence-corrected chi connectivity index (χ2v) is 8.18. The van der Waals surface area contributed by atoms with E-state index in [9.17, 15) is 5.11 Å². The van der Waals surface area contributed by atoms with Gasteiger partial charge in [0.1, 0.15) is 5.75 Å². The number of halogens is 1. The van der Waals surface area contributed by atoms with Crippen LogP contribution in [0.2, 0.25) is 5.02 Å². The van der Waals surface area contributed by atoms with Crippen LogP contribution in [0.1, 0.15) is 35.4 Å². The monoisotopic (exact) mass is 466 g/mol. The van der Waals surface area contributed by atoms with Gasteiger partial charge in [-0.15, -0.1) is 0 Å². The molecule has 33 heavy (non-hydrogen) atoms. The van der Waals surface area contributed by atoms with Crippen molar-refractivity contribution in [3.8, 4) is 28.7 Å². The van der Waals surface area contributed by atoms with Gasteiger partial charge < -0.3 is 24.1 Å². The fraction of sp³-hybridized carbons (Fsp3) is 0.240. The van der Waals surface area contributed by atoms with Crippen LogP contribution in [0.4, 0.5) is 0 Å². The first-order valence-electron chi connectivity index (χ1n) is 10.4. The summed E-state index contributed by atoms with van der Waals surface area (Å²) in [5.74, 6) is 2.58. The van der Waals surface area contributed by atoms with Gasteiger partial charge in [0.15, 0.2) is 23.0 Å². The molecule has 8 heteroatoms. The molecule has 0 aromatic heterocycles. The number of benzene rings is 3. The minimum atomic E-state index is -0.609. The second-order valence-electron chi connectivity index (χ2n) is 7.74. The van der Waals surface area contributed by atoms with Gasteiger partial charge in [-0.05, 0) is 36.4 Å². The van der Waals surface area contributed by atoms with Crippen LogP contribution in [0.5, 0.6) is 28.7 Å². The highest BCUT2D eigenvalue weighted by Gasteiger charge is 2.43. The van der Waals surface area contributed by atoms with Crippen molar-refractivity contribution in [2.45, 2.75) is 18.7 Å². The normalized spacial score (nSPS) is 18.7. The highest BCUT2D eigenvalue weighted by molar-refractivity contribution is 6.31. The maximum Gasteiger partial charge on any atom is 0.217 e. The zero-order valence-corrected chi connectivity index (χ0v) is 19.2. The summed E-state index contributed by atoms with van der Waals surface area (Å²) in [6.45, 7) is 0. The van der Waals surface area contributed by atoms with Crippen LogP contribution in [-0.4, -0.2) is 37.2 Å². The Balaban J connectivity index is 1.68. The van der Waals surface area contributed by atoms with E-state index in [1.807, 2.05) is 41.4 Å². The summed E-state index contributed by atoms with van der Waals surface area (Å²) in [6.07, 6.45) is -0.0529. The number of nitrogens with zero attached hydrogens (tertiary/aromatic N) is 2. The van der Waals surface area contributed by atoms with Crippen LogP contribution in [-0.2, 0) is 0 Å². The van der Waals surface area contributed by atoms with Crippen molar-refractivity contribution in [1.29, 1.82) is 0 Å². The average molecular weight is 467 g/mol. The maximum atomic E-state index is 10.5. The number of hydrazone groups is 1. The largest absolute Gasteiger partial charge is 0.507 e. The van der Waals surface area contributed by atoms with Gasteiger partial charge in [0.2, 0.25) is 6.23 Å².